The van der Waals surface area contributed by atoms with Crippen molar-refractivity contribution in [2.75, 3.05) is 32.3 Å². The van der Waals surface area contributed by atoms with E-state index < -0.39 is 11.6 Å². The second-order valence-electron chi connectivity index (χ2n) is 6.78. The summed E-state index contributed by atoms with van der Waals surface area (Å²) in [6.45, 7) is 3.01. The number of hydrogen-bond acceptors (Lipinski definition) is 6. The number of carbonyl (C=O) groups excluding carboxylic acids is 1. The first kappa shape index (κ1) is 17.9. The Morgan fingerprint density at radius 1 is 1.32 bits per heavy atom. The molecular formula is C19H27NO5. The first-order chi connectivity index (χ1) is 12.0. The Hall–Kier alpha value is -1.95. The molecule has 1 N–H and O–H groups in total. The van der Waals surface area contributed by atoms with Crippen LogP contribution in [0.3, 0.4) is 0 Å². The Kier molecular flexibility index (Phi) is 5.08. The molecule has 138 valence electrons. The molecule has 1 fully saturated rings. The van der Waals surface area contributed by atoms with E-state index in [0.29, 0.717) is 30.1 Å². The van der Waals surface area contributed by atoms with Gasteiger partial charge >= 0.3 is 5.97 Å². The Morgan fingerprint density at radius 3 is 2.80 bits per heavy atom. The summed E-state index contributed by atoms with van der Waals surface area (Å²) in [6.07, 6.45) is 3.69. The fourth-order valence-electron chi connectivity index (χ4n) is 4.18. The summed E-state index contributed by atoms with van der Waals surface area (Å²) in [6, 6.07) is 3.91. The summed E-state index contributed by atoms with van der Waals surface area (Å²) in [5.41, 5.74) is 0.276. The number of fused-ring (bicyclic) bond motifs is 3. The van der Waals surface area contributed by atoms with Crippen molar-refractivity contribution in [3.05, 3.63) is 17.7 Å². The summed E-state index contributed by atoms with van der Waals surface area (Å²) in [4.78, 5) is 14.5. The zero-order valence-electron chi connectivity index (χ0n) is 15.2. The molecule has 0 saturated carbocycles. The Bertz CT molecular complexity index is 647. The zero-order valence-corrected chi connectivity index (χ0v) is 15.2. The first-order valence-corrected chi connectivity index (χ1v) is 8.93. The summed E-state index contributed by atoms with van der Waals surface area (Å²) >= 11 is 0. The highest BCUT2D eigenvalue weighted by Gasteiger charge is 2.46. The third-order valence-corrected chi connectivity index (χ3v) is 5.23. The normalized spacial score (nSPS) is 25.0. The van der Waals surface area contributed by atoms with Gasteiger partial charge in [-0.05, 0) is 26.2 Å². The highest BCUT2D eigenvalue weighted by atomic mass is 16.5. The molecule has 2 aliphatic heterocycles. The molecule has 1 saturated heterocycles. The maximum Gasteiger partial charge on any atom is 0.309 e. The number of hydrogen-bond donors (Lipinski definition) is 1. The molecule has 0 bridgehead atoms. The molecule has 2 unspecified atom stereocenters. The summed E-state index contributed by atoms with van der Waals surface area (Å²) < 4.78 is 16.1. The van der Waals surface area contributed by atoms with Gasteiger partial charge in [0.25, 0.3) is 0 Å². The van der Waals surface area contributed by atoms with Crippen LogP contribution in [0.25, 0.3) is 0 Å². The van der Waals surface area contributed by atoms with Gasteiger partial charge in [0.15, 0.2) is 0 Å². The van der Waals surface area contributed by atoms with Crippen LogP contribution < -0.4 is 14.4 Å². The van der Waals surface area contributed by atoms with Crippen LogP contribution in [0.1, 0.15) is 44.6 Å². The van der Waals surface area contributed by atoms with E-state index in [1.54, 1.807) is 27.2 Å². The second kappa shape index (κ2) is 7.12. The van der Waals surface area contributed by atoms with E-state index in [9.17, 15) is 9.90 Å². The van der Waals surface area contributed by atoms with Crippen molar-refractivity contribution >= 4 is 11.7 Å². The molecule has 0 aliphatic carbocycles. The minimum absolute atomic E-state index is 0.0686. The monoisotopic (exact) mass is 349 g/mol. The van der Waals surface area contributed by atoms with E-state index in [1.165, 1.54) is 0 Å². The number of piperidine rings is 1. The van der Waals surface area contributed by atoms with Crippen LogP contribution in [0.15, 0.2) is 12.1 Å². The van der Waals surface area contributed by atoms with Crippen molar-refractivity contribution in [3.63, 3.8) is 0 Å². The van der Waals surface area contributed by atoms with Crippen LogP contribution in [0.4, 0.5) is 5.69 Å². The fraction of sp³-hybridized carbons (Fsp3) is 0.632. The molecule has 25 heavy (non-hydrogen) atoms. The number of benzene rings is 1. The van der Waals surface area contributed by atoms with Crippen molar-refractivity contribution < 1.29 is 24.1 Å². The molecule has 6 nitrogen and oxygen atoms in total. The third-order valence-electron chi connectivity index (χ3n) is 5.23. The van der Waals surface area contributed by atoms with Gasteiger partial charge in [0.05, 0.1) is 32.9 Å². The summed E-state index contributed by atoms with van der Waals surface area (Å²) in [5.74, 6) is 0.837. The number of esters is 1. The number of aliphatic hydroxyl groups is 1. The molecular weight excluding hydrogens is 322 g/mol. The molecule has 0 spiro atoms. The molecule has 2 atom stereocenters. The molecule has 2 heterocycles. The smallest absolute Gasteiger partial charge is 0.309 e. The topological polar surface area (TPSA) is 68.2 Å². The van der Waals surface area contributed by atoms with Gasteiger partial charge in [0.2, 0.25) is 0 Å². The van der Waals surface area contributed by atoms with E-state index in [-0.39, 0.29) is 12.5 Å². The molecule has 1 aromatic carbocycles. The average Bonchev–Trinajstić information content (AvgIpc) is 2.60. The van der Waals surface area contributed by atoms with Crippen LogP contribution in [0, 0.1) is 0 Å². The van der Waals surface area contributed by atoms with Crippen molar-refractivity contribution in [2.45, 2.75) is 50.7 Å². The summed E-state index contributed by atoms with van der Waals surface area (Å²) in [5, 5.41) is 11.5. The van der Waals surface area contributed by atoms with Crippen molar-refractivity contribution in [1.82, 2.24) is 0 Å². The van der Waals surface area contributed by atoms with E-state index >= 15 is 0 Å². The summed E-state index contributed by atoms with van der Waals surface area (Å²) in [7, 11) is 3.19. The van der Waals surface area contributed by atoms with E-state index in [4.69, 9.17) is 14.2 Å². The third kappa shape index (κ3) is 3.27. The number of ether oxygens (including phenoxy) is 3. The van der Waals surface area contributed by atoms with Gasteiger partial charge in [0, 0.05) is 36.7 Å². The molecule has 1 aromatic rings. The van der Waals surface area contributed by atoms with Crippen LogP contribution in [-0.4, -0.2) is 44.5 Å². The number of methoxy groups -OCH3 is 2. The largest absolute Gasteiger partial charge is 0.497 e. The van der Waals surface area contributed by atoms with Gasteiger partial charge in [-0.15, -0.1) is 0 Å². The van der Waals surface area contributed by atoms with Crippen molar-refractivity contribution in [2.24, 2.45) is 0 Å². The number of rotatable bonds is 5. The molecule has 3 rings (SSSR count). The van der Waals surface area contributed by atoms with Crippen LogP contribution in [0.2, 0.25) is 0 Å². The number of nitrogens with zero attached hydrogens (tertiary/aromatic N) is 1. The number of anilines is 1. The van der Waals surface area contributed by atoms with Crippen LogP contribution in [-0.2, 0) is 15.1 Å². The molecule has 0 radical (unpaired) electrons. The minimum Gasteiger partial charge on any atom is -0.497 e. The Morgan fingerprint density at radius 2 is 2.12 bits per heavy atom. The first-order valence-electron chi connectivity index (χ1n) is 8.93. The lowest BCUT2D eigenvalue weighted by molar-refractivity contribution is -0.150. The lowest BCUT2D eigenvalue weighted by atomic mass is 9.76. The van der Waals surface area contributed by atoms with Gasteiger partial charge < -0.3 is 24.2 Å². The standard InChI is InChI=1S/C19H27NO5/c1-4-25-17(21)12-19(22)11-13-7-5-6-8-20(13)15-9-14(23-2)10-16(24-3)18(15)19/h9-10,13,22H,4-8,11-12H2,1-3H3. The van der Waals surface area contributed by atoms with Crippen LogP contribution >= 0.6 is 0 Å². The minimum atomic E-state index is -1.29. The van der Waals surface area contributed by atoms with Gasteiger partial charge in [-0.3, -0.25) is 4.79 Å². The lowest BCUT2D eigenvalue weighted by Crippen LogP contribution is -2.50. The SMILES string of the molecule is CCOC(=O)CC1(O)CC2CCCCN2c2cc(OC)cc(OC)c21. The maximum atomic E-state index is 12.1. The molecule has 2 aliphatic rings. The van der Waals surface area contributed by atoms with Crippen molar-refractivity contribution in [1.29, 1.82) is 0 Å². The van der Waals surface area contributed by atoms with E-state index in [0.717, 1.165) is 31.5 Å². The van der Waals surface area contributed by atoms with Crippen LogP contribution in [0.5, 0.6) is 11.5 Å². The molecule has 0 amide bonds. The predicted octanol–water partition coefficient (Wildman–Crippen LogP) is 2.61. The molecule has 0 aromatic heterocycles. The highest BCUT2D eigenvalue weighted by Crippen LogP contribution is 2.51. The Labute approximate surface area is 148 Å². The van der Waals surface area contributed by atoms with Crippen molar-refractivity contribution in [3.8, 4) is 11.5 Å². The van der Waals surface area contributed by atoms with E-state index in [1.807, 2.05) is 6.07 Å². The van der Waals surface area contributed by atoms with E-state index in [2.05, 4.69) is 4.90 Å². The lowest BCUT2D eigenvalue weighted by Gasteiger charge is -2.48. The zero-order chi connectivity index (χ0) is 18.0. The predicted molar refractivity (Wildman–Crippen MR) is 94.3 cm³/mol. The fourth-order valence-corrected chi connectivity index (χ4v) is 4.18. The van der Waals surface area contributed by atoms with Gasteiger partial charge in [-0.2, -0.15) is 0 Å². The van der Waals surface area contributed by atoms with Gasteiger partial charge in [-0.25, -0.2) is 0 Å². The number of carbonyl (C=O) groups is 1. The Balaban J connectivity index is 2.11. The quantitative estimate of drug-likeness (QED) is 0.824. The average molecular weight is 349 g/mol. The van der Waals surface area contributed by atoms with Gasteiger partial charge in [0.1, 0.15) is 17.1 Å². The second-order valence-corrected chi connectivity index (χ2v) is 6.78. The van der Waals surface area contributed by atoms with Gasteiger partial charge in [-0.1, -0.05) is 0 Å². The maximum absolute atomic E-state index is 12.1. The highest BCUT2D eigenvalue weighted by molar-refractivity contribution is 5.75. The molecule has 6 heteroatoms.